The molecule has 0 saturated carbocycles. The fourth-order valence-corrected chi connectivity index (χ4v) is 6.30. The molecule has 0 spiro atoms. The molecule has 4 aromatic carbocycles. The Morgan fingerprint density at radius 1 is 0.889 bits per heavy atom. The van der Waals surface area contributed by atoms with E-state index in [1.54, 1.807) is 6.20 Å². The zero-order chi connectivity index (χ0) is 30.8. The number of urea groups is 1. The van der Waals surface area contributed by atoms with Crippen molar-refractivity contribution < 1.29 is 9.53 Å². The number of fused-ring (bicyclic) bond motifs is 1. The van der Waals surface area contributed by atoms with Crippen molar-refractivity contribution in [3.05, 3.63) is 144 Å². The van der Waals surface area contributed by atoms with Crippen molar-refractivity contribution in [2.45, 2.75) is 50.9 Å². The Bertz CT molecular complexity index is 1660. The summed E-state index contributed by atoms with van der Waals surface area (Å²) in [6.07, 6.45) is 7.12. The van der Waals surface area contributed by atoms with Gasteiger partial charge in [-0.15, -0.1) is 0 Å². The number of benzene rings is 4. The van der Waals surface area contributed by atoms with Gasteiger partial charge in [0.25, 0.3) is 0 Å². The van der Waals surface area contributed by atoms with E-state index in [0.29, 0.717) is 13.2 Å². The van der Waals surface area contributed by atoms with Crippen molar-refractivity contribution >= 4 is 16.8 Å². The second-order valence-electron chi connectivity index (χ2n) is 12.1. The number of aromatic nitrogens is 1. The minimum Gasteiger partial charge on any atom is -0.489 e. The number of piperidine rings is 1. The van der Waals surface area contributed by atoms with Gasteiger partial charge in [-0.2, -0.15) is 0 Å². The van der Waals surface area contributed by atoms with Crippen LogP contribution in [0.2, 0.25) is 0 Å². The maximum atomic E-state index is 14.3. The van der Waals surface area contributed by atoms with Gasteiger partial charge in [0.15, 0.2) is 0 Å². The minimum atomic E-state index is -0.167. The van der Waals surface area contributed by atoms with Crippen molar-refractivity contribution in [3.8, 4) is 5.75 Å². The maximum absolute atomic E-state index is 14.3. The number of ether oxygens (including phenoxy) is 1. The first kappa shape index (κ1) is 30.4. The summed E-state index contributed by atoms with van der Waals surface area (Å²) in [5, 5.41) is 5.85. The van der Waals surface area contributed by atoms with Crippen LogP contribution in [0.3, 0.4) is 0 Å². The largest absolute Gasteiger partial charge is 0.489 e. The number of likely N-dealkylation sites (tertiary alicyclic amines) is 1. The van der Waals surface area contributed by atoms with Crippen LogP contribution in [0, 0.1) is 0 Å². The van der Waals surface area contributed by atoms with E-state index in [9.17, 15) is 4.79 Å². The van der Waals surface area contributed by atoms with Crippen LogP contribution in [0.1, 0.15) is 47.6 Å². The molecule has 5 aromatic rings. The van der Waals surface area contributed by atoms with E-state index < -0.39 is 0 Å². The van der Waals surface area contributed by atoms with E-state index in [1.807, 2.05) is 41.4 Å². The smallest absolute Gasteiger partial charge is 0.318 e. The third-order valence-electron chi connectivity index (χ3n) is 8.83. The molecule has 2 amide bonds. The monoisotopic (exact) mass is 598 g/mol. The number of pyridine rings is 1. The van der Waals surface area contributed by atoms with Gasteiger partial charge in [-0.05, 0) is 97.0 Å². The fourth-order valence-electron chi connectivity index (χ4n) is 6.30. The molecule has 1 N–H and O–H groups in total. The Morgan fingerprint density at radius 3 is 2.44 bits per heavy atom. The van der Waals surface area contributed by atoms with Gasteiger partial charge in [0.05, 0.1) is 6.04 Å². The Balaban J connectivity index is 1.23. The molecule has 1 unspecified atom stereocenters. The Labute approximate surface area is 266 Å². The zero-order valence-electron chi connectivity index (χ0n) is 26.0. The van der Waals surface area contributed by atoms with Crippen molar-refractivity contribution in [2.24, 2.45) is 0 Å². The average Bonchev–Trinajstić information content (AvgIpc) is 3.09. The summed E-state index contributed by atoms with van der Waals surface area (Å²) >= 11 is 0. The molecule has 1 fully saturated rings. The van der Waals surface area contributed by atoms with E-state index >= 15 is 0 Å². The van der Waals surface area contributed by atoms with Gasteiger partial charge < -0.3 is 19.9 Å². The van der Waals surface area contributed by atoms with Crippen LogP contribution in [-0.2, 0) is 19.6 Å². The standard InChI is InChI=1S/C39H42N4O2/c1-42-24-21-34(22-25-42)43(28-32-13-9-23-40-27-32)39(44)41-38(37-18-8-15-33-14-5-6-17-36(33)37)20-19-30-12-7-16-35(26-30)45-29-31-10-3-2-4-11-31/h2-18,23,26-27,34,38H,19-22,24-25,28-29H2,1H3,(H,41,44). The molecule has 1 aromatic heterocycles. The number of aryl methyl sites for hydroxylation is 1. The fraction of sp³-hybridized carbons (Fsp3) is 0.282. The zero-order valence-corrected chi connectivity index (χ0v) is 26.0. The van der Waals surface area contributed by atoms with Crippen LogP contribution in [0.5, 0.6) is 5.75 Å². The van der Waals surface area contributed by atoms with Crippen LogP contribution in [0.4, 0.5) is 4.79 Å². The number of nitrogens with zero attached hydrogens (tertiary/aromatic N) is 3. The van der Waals surface area contributed by atoms with Crippen LogP contribution >= 0.6 is 0 Å². The molecule has 6 rings (SSSR count). The van der Waals surface area contributed by atoms with Crippen molar-refractivity contribution in [3.63, 3.8) is 0 Å². The predicted molar refractivity (Wildman–Crippen MR) is 181 cm³/mol. The van der Waals surface area contributed by atoms with E-state index in [1.165, 1.54) is 16.3 Å². The molecule has 0 bridgehead atoms. The predicted octanol–water partition coefficient (Wildman–Crippen LogP) is 7.79. The van der Waals surface area contributed by atoms with Gasteiger partial charge in [0.2, 0.25) is 0 Å². The van der Waals surface area contributed by atoms with E-state index in [-0.39, 0.29) is 18.1 Å². The minimum absolute atomic E-state index is 0.0220. The number of carbonyl (C=O) groups excluding carboxylic acids is 1. The lowest BCUT2D eigenvalue weighted by molar-refractivity contribution is 0.124. The summed E-state index contributed by atoms with van der Waals surface area (Å²) < 4.78 is 6.12. The molecule has 1 aliphatic rings. The van der Waals surface area contributed by atoms with Gasteiger partial charge in [0, 0.05) is 25.0 Å². The summed E-state index contributed by atoms with van der Waals surface area (Å²) in [4.78, 5) is 23.0. The third kappa shape index (κ3) is 8.08. The van der Waals surface area contributed by atoms with Crippen molar-refractivity contribution in [2.75, 3.05) is 20.1 Å². The van der Waals surface area contributed by atoms with Crippen LogP contribution in [-0.4, -0.2) is 47.0 Å². The number of amides is 2. The molecule has 6 nitrogen and oxygen atoms in total. The van der Waals surface area contributed by atoms with Crippen molar-refractivity contribution in [1.82, 2.24) is 20.1 Å². The van der Waals surface area contributed by atoms with E-state index in [0.717, 1.165) is 61.2 Å². The molecule has 0 radical (unpaired) electrons. The number of hydrogen-bond acceptors (Lipinski definition) is 4. The lowest BCUT2D eigenvalue weighted by atomic mass is 9.94. The number of rotatable bonds is 11. The lowest BCUT2D eigenvalue weighted by Gasteiger charge is -2.38. The first-order chi connectivity index (χ1) is 22.1. The summed E-state index contributed by atoms with van der Waals surface area (Å²) in [5.41, 5.74) is 4.51. The first-order valence-electron chi connectivity index (χ1n) is 16.0. The molecule has 230 valence electrons. The van der Waals surface area contributed by atoms with Crippen molar-refractivity contribution in [1.29, 1.82) is 0 Å². The highest BCUT2D eigenvalue weighted by Crippen LogP contribution is 2.29. The quantitative estimate of drug-likeness (QED) is 0.169. The molecule has 45 heavy (non-hydrogen) atoms. The second-order valence-corrected chi connectivity index (χ2v) is 12.1. The Kier molecular flexibility index (Phi) is 10.0. The van der Waals surface area contributed by atoms with Gasteiger partial charge in [0.1, 0.15) is 12.4 Å². The average molecular weight is 599 g/mol. The SMILES string of the molecule is CN1CCC(N(Cc2cccnc2)C(=O)NC(CCc2cccc(OCc3ccccc3)c2)c2cccc3ccccc23)CC1. The van der Waals surface area contributed by atoms with E-state index in [2.05, 4.69) is 101 Å². The molecule has 1 aliphatic heterocycles. The molecule has 2 heterocycles. The highest BCUT2D eigenvalue weighted by molar-refractivity contribution is 5.87. The maximum Gasteiger partial charge on any atom is 0.318 e. The lowest BCUT2D eigenvalue weighted by Crippen LogP contribution is -2.50. The highest BCUT2D eigenvalue weighted by atomic mass is 16.5. The third-order valence-corrected chi connectivity index (χ3v) is 8.83. The summed E-state index contributed by atoms with van der Waals surface area (Å²) in [7, 11) is 2.15. The van der Waals surface area contributed by atoms with Crippen LogP contribution in [0.25, 0.3) is 10.8 Å². The molecule has 6 heteroatoms. The molecule has 0 aliphatic carbocycles. The number of nitrogens with one attached hydrogen (secondary N) is 1. The van der Waals surface area contributed by atoms with E-state index in [4.69, 9.17) is 4.74 Å². The topological polar surface area (TPSA) is 57.7 Å². The molecule has 1 saturated heterocycles. The number of hydrogen-bond donors (Lipinski definition) is 1. The second kappa shape index (κ2) is 14.9. The first-order valence-corrected chi connectivity index (χ1v) is 16.0. The van der Waals surface area contributed by atoms with Crippen LogP contribution < -0.4 is 10.1 Å². The Morgan fingerprint density at radius 2 is 1.62 bits per heavy atom. The molecule has 1 atom stereocenters. The van der Waals surface area contributed by atoms with Gasteiger partial charge in [-0.1, -0.05) is 91.0 Å². The number of carbonyl (C=O) groups is 1. The summed E-state index contributed by atoms with van der Waals surface area (Å²) in [5.74, 6) is 0.854. The Hall–Kier alpha value is -4.68. The van der Waals surface area contributed by atoms with Gasteiger partial charge >= 0.3 is 6.03 Å². The van der Waals surface area contributed by atoms with Crippen LogP contribution in [0.15, 0.2) is 122 Å². The van der Waals surface area contributed by atoms with Gasteiger partial charge in [-0.3, -0.25) is 4.98 Å². The van der Waals surface area contributed by atoms with Gasteiger partial charge in [-0.25, -0.2) is 4.79 Å². The molecular formula is C39H42N4O2. The molecular weight excluding hydrogens is 556 g/mol. The summed E-state index contributed by atoms with van der Waals surface area (Å²) in [6.45, 7) is 3.04. The summed E-state index contributed by atoms with van der Waals surface area (Å²) in [6, 6.07) is 37.4. The normalized spacial score (nSPS) is 14.6. The highest BCUT2D eigenvalue weighted by Gasteiger charge is 2.29.